The van der Waals surface area contributed by atoms with E-state index in [9.17, 15) is 5.11 Å². The Morgan fingerprint density at radius 1 is 1.00 bits per heavy atom. The molecule has 4 heteroatoms. The van der Waals surface area contributed by atoms with Crippen LogP contribution in [0.15, 0.2) is 42.7 Å². The fourth-order valence-electron chi connectivity index (χ4n) is 0.980. The number of benzene rings is 1. The molecule has 0 atom stereocenters. The summed E-state index contributed by atoms with van der Waals surface area (Å²) in [5.41, 5.74) is 0. The van der Waals surface area contributed by atoms with Crippen LogP contribution in [0.1, 0.15) is 0 Å². The van der Waals surface area contributed by atoms with Gasteiger partial charge in [-0.1, -0.05) is 12.1 Å². The molecule has 0 spiro atoms. The molecule has 1 aromatic carbocycles. The van der Waals surface area contributed by atoms with E-state index in [2.05, 4.69) is 9.97 Å². The van der Waals surface area contributed by atoms with Crippen molar-refractivity contribution in [3.63, 3.8) is 0 Å². The summed E-state index contributed by atoms with van der Waals surface area (Å²) in [4.78, 5) is 7.74. The quantitative estimate of drug-likeness (QED) is 0.782. The Kier molecular flexibility index (Phi) is 2.27. The van der Waals surface area contributed by atoms with Crippen LogP contribution in [0.2, 0.25) is 0 Å². The van der Waals surface area contributed by atoms with Crippen molar-refractivity contribution in [3.8, 4) is 17.5 Å². The van der Waals surface area contributed by atoms with Crippen molar-refractivity contribution in [3.05, 3.63) is 42.7 Å². The third-order valence-electron chi connectivity index (χ3n) is 1.61. The van der Waals surface area contributed by atoms with E-state index in [1.54, 1.807) is 36.7 Å². The van der Waals surface area contributed by atoms with Gasteiger partial charge in [-0.25, -0.2) is 9.97 Å². The van der Waals surface area contributed by atoms with Crippen LogP contribution in [0.3, 0.4) is 0 Å². The number of hydrogen-bond acceptors (Lipinski definition) is 4. The monoisotopic (exact) mass is 188 g/mol. The first-order chi connectivity index (χ1) is 6.86. The number of ether oxygens (including phenoxy) is 1. The van der Waals surface area contributed by atoms with E-state index in [1.165, 1.54) is 6.07 Å². The van der Waals surface area contributed by atoms with Crippen molar-refractivity contribution < 1.29 is 9.84 Å². The molecule has 1 N–H and O–H groups in total. The number of hydrogen-bond donors (Lipinski definition) is 1. The minimum Gasteiger partial charge on any atom is -0.504 e. The minimum atomic E-state index is 0.0694. The highest BCUT2D eigenvalue weighted by molar-refractivity contribution is 5.39. The molecule has 0 aliphatic carbocycles. The van der Waals surface area contributed by atoms with E-state index in [1.807, 2.05) is 0 Å². The third-order valence-corrected chi connectivity index (χ3v) is 1.61. The molecule has 0 amide bonds. The average molecular weight is 188 g/mol. The second-order valence-corrected chi connectivity index (χ2v) is 2.60. The van der Waals surface area contributed by atoms with Gasteiger partial charge in [-0.2, -0.15) is 0 Å². The Morgan fingerprint density at radius 2 is 1.71 bits per heavy atom. The molecule has 0 aliphatic rings. The number of aromatic nitrogens is 2. The first-order valence-corrected chi connectivity index (χ1v) is 4.09. The van der Waals surface area contributed by atoms with Crippen molar-refractivity contribution in [2.24, 2.45) is 0 Å². The van der Waals surface area contributed by atoms with Crippen LogP contribution < -0.4 is 4.74 Å². The van der Waals surface area contributed by atoms with E-state index in [0.29, 0.717) is 5.75 Å². The standard InChI is InChI=1S/C10H8N2O2/c13-8-4-1-2-5-9(8)14-10-11-6-3-7-12-10/h1-7,13H. The van der Waals surface area contributed by atoms with Gasteiger partial charge in [0.2, 0.25) is 0 Å². The second kappa shape index (κ2) is 3.74. The first-order valence-electron chi connectivity index (χ1n) is 4.09. The Bertz CT molecular complexity index is 417. The number of phenolic OH excluding ortho intramolecular Hbond substituents is 1. The number of para-hydroxylation sites is 2. The predicted molar refractivity (Wildman–Crippen MR) is 50.2 cm³/mol. The van der Waals surface area contributed by atoms with Crippen molar-refractivity contribution in [1.82, 2.24) is 9.97 Å². The molecule has 2 rings (SSSR count). The summed E-state index contributed by atoms with van der Waals surface area (Å²) >= 11 is 0. The molecule has 0 bridgehead atoms. The van der Waals surface area contributed by atoms with Gasteiger partial charge < -0.3 is 9.84 Å². The van der Waals surface area contributed by atoms with Gasteiger partial charge in [0.25, 0.3) is 0 Å². The smallest absolute Gasteiger partial charge is 0.321 e. The van der Waals surface area contributed by atoms with Gasteiger partial charge >= 0.3 is 6.01 Å². The molecule has 0 saturated heterocycles. The maximum Gasteiger partial charge on any atom is 0.321 e. The Balaban J connectivity index is 2.24. The normalized spacial score (nSPS) is 9.71. The molecule has 0 saturated carbocycles. The summed E-state index contributed by atoms with van der Waals surface area (Å²) in [7, 11) is 0. The summed E-state index contributed by atoms with van der Waals surface area (Å²) in [6.45, 7) is 0. The Labute approximate surface area is 80.8 Å². The highest BCUT2D eigenvalue weighted by Gasteiger charge is 2.02. The molecule has 1 aromatic heterocycles. The van der Waals surface area contributed by atoms with Crippen molar-refractivity contribution in [2.45, 2.75) is 0 Å². The summed E-state index contributed by atoms with van der Waals surface area (Å²) in [5.74, 6) is 0.415. The molecule has 4 nitrogen and oxygen atoms in total. The Morgan fingerprint density at radius 3 is 2.43 bits per heavy atom. The highest BCUT2D eigenvalue weighted by atomic mass is 16.5. The zero-order chi connectivity index (χ0) is 9.80. The van der Waals surface area contributed by atoms with Gasteiger partial charge in [-0.3, -0.25) is 0 Å². The number of rotatable bonds is 2. The summed E-state index contributed by atoms with van der Waals surface area (Å²) in [6.07, 6.45) is 3.14. The van der Waals surface area contributed by atoms with Crippen molar-refractivity contribution in [1.29, 1.82) is 0 Å². The second-order valence-electron chi connectivity index (χ2n) is 2.60. The van der Waals surface area contributed by atoms with Crippen LogP contribution in [-0.4, -0.2) is 15.1 Å². The lowest BCUT2D eigenvalue weighted by atomic mass is 10.3. The summed E-state index contributed by atoms with van der Waals surface area (Å²) < 4.78 is 5.24. The molecule has 1 heterocycles. The maximum atomic E-state index is 9.39. The van der Waals surface area contributed by atoms with Crippen LogP contribution in [0.4, 0.5) is 0 Å². The molecule has 0 unspecified atom stereocenters. The number of phenols is 1. The minimum absolute atomic E-state index is 0.0694. The van der Waals surface area contributed by atoms with Crippen LogP contribution in [0.5, 0.6) is 17.5 Å². The predicted octanol–water partition coefficient (Wildman–Crippen LogP) is 1.97. The van der Waals surface area contributed by atoms with Gasteiger partial charge in [0.15, 0.2) is 11.5 Å². The molecule has 70 valence electrons. The van der Waals surface area contributed by atoms with E-state index >= 15 is 0 Å². The van der Waals surface area contributed by atoms with Gasteiger partial charge in [0.05, 0.1) is 0 Å². The lowest BCUT2D eigenvalue weighted by Crippen LogP contribution is -1.89. The molecule has 14 heavy (non-hydrogen) atoms. The topological polar surface area (TPSA) is 55.2 Å². The van der Waals surface area contributed by atoms with Crippen molar-refractivity contribution >= 4 is 0 Å². The fourth-order valence-corrected chi connectivity index (χ4v) is 0.980. The van der Waals surface area contributed by atoms with E-state index < -0.39 is 0 Å². The third kappa shape index (κ3) is 1.80. The van der Waals surface area contributed by atoms with Crippen LogP contribution in [0.25, 0.3) is 0 Å². The first kappa shape index (κ1) is 8.50. The summed E-state index contributed by atoms with van der Waals surface area (Å²) in [5, 5.41) is 9.39. The molecular weight excluding hydrogens is 180 g/mol. The van der Waals surface area contributed by atoms with E-state index in [0.717, 1.165) is 0 Å². The average Bonchev–Trinajstić information content (AvgIpc) is 2.23. The lowest BCUT2D eigenvalue weighted by molar-refractivity contribution is 0.392. The zero-order valence-corrected chi connectivity index (χ0v) is 7.29. The maximum absolute atomic E-state index is 9.39. The molecule has 0 aliphatic heterocycles. The van der Waals surface area contributed by atoms with Gasteiger partial charge in [0, 0.05) is 12.4 Å². The number of aromatic hydroxyl groups is 1. The largest absolute Gasteiger partial charge is 0.504 e. The van der Waals surface area contributed by atoms with Crippen LogP contribution in [-0.2, 0) is 0 Å². The van der Waals surface area contributed by atoms with Crippen LogP contribution in [0, 0.1) is 0 Å². The zero-order valence-electron chi connectivity index (χ0n) is 7.29. The molecular formula is C10H8N2O2. The Hall–Kier alpha value is -2.10. The SMILES string of the molecule is Oc1ccccc1Oc1ncccn1. The van der Waals surface area contributed by atoms with Gasteiger partial charge in [0.1, 0.15) is 0 Å². The van der Waals surface area contributed by atoms with E-state index in [-0.39, 0.29) is 11.8 Å². The van der Waals surface area contributed by atoms with Crippen LogP contribution >= 0.6 is 0 Å². The molecule has 0 radical (unpaired) electrons. The molecule has 2 aromatic rings. The molecule has 0 fully saturated rings. The van der Waals surface area contributed by atoms with E-state index in [4.69, 9.17) is 4.74 Å². The summed E-state index contributed by atoms with van der Waals surface area (Å²) in [6, 6.07) is 8.57. The fraction of sp³-hybridized carbons (Fsp3) is 0. The lowest BCUT2D eigenvalue weighted by Gasteiger charge is -2.03. The van der Waals surface area contributed by atoms with Gasteiger partial charge in [-0.05, 0) is 18.2 Å². The highest BCUT2D eigenvalue weighted by Crippen LogP contribution is 2.27. The van der Waals surface area contributed by atoms with Crippen molar-refractivity contribution in [2.75, 3.05) is 0 Å². The van der Waals surface area contributed by atoms with Gasteiger partial charge in [-0.15, -0.1) is 0 Å². The number of nitrogens with zero attached hydrogens (tertiary/aromatic N) is 2.